The smallest absolute Gasteiger partial charge is 0.488 e. The Morgan fingerprint density at radius 2 is 1.02 bits per heavy atom. The van der Waals surface area contributed by atoms with Crippen LogP contribution in [-0.4, -0.2) is 45.6 Å². The van der Waals surface area contributed by atoms with Gasteiger partial charge in [0.1, 0.15) is 23.0 Å². The van der Waals surface area contributed by atoms with Gasteiger partial charge in [0.25, 0.3) is 0 Å². The van der Waals surface area contributed by atoms with Gasteiger partial charge in [-0.25, -0.2) is 0 Å². The predicted molar refractivity (Wildman–Crippen MR) is 198 cm³/mol. The van der Waals surface area contributed by atoms with E-state index in [1.807, 2.05) is 12.1 Å². The Labute approximate surface area is 287 Å². The molecule has 0 radical (unpaired) electrons. The van der Waals surface area contributed by atoms with E-state index in [1.165, 1.54) is 16.7 Å². The van der Waals surface area contributed by atoms with Crippen LogP contribution in [0.25, 0.3) is 0 Å². The summed E-state index contributed by atoms with van der Waals surface area (Å²) in [5.74, 6) is 4.05. The van der Waals surface area contributed by atoms with Crippen molar-refractivity contribution in [3.05, 3.63) is 87.5 Å². The Morgan fingerprint density at radius 1 is 0.696 bits per heavy atom. The van der Waals surface area contributed by atoms with Crippen LogP contribution in [0.4, 0.5) is 0 Å². The summed E-state index contributed by atoms with van der Waals surface area (Å²) in [4.78, 5) is 0. The number of methoxy groups -OCH3 is 4. The van der Waals surface area contributed by atoms with Gasteiger partial charge in [0, 0.05) is 27.4 Å². The van der Waals surface area contributed by atoms with E-state index in [2.05, 4.69) is 68.9 Å². The van der Waals surface area contributed by atoms with Gasteiger partial charge in [0.05, 0.1) is 28.4 Å². The van der Waals surface area contributed by atoms with Crippen LogP contribution in [0, 0.1) is 11.8 Å². The lowest BCUT2D eigenvalue weighted by Gasteiger charge is -2.32. The highest BCUT2D eigenvalue weighted by atomic mass is 79.9. The summed E-state index contributed by atoms with van der Waals surface area (Å²) < 4.78 is 23.3. The lowest BCUT2D eigenvalue weighted by molar-refractivity contribution is 0.368. The zero-order valence-electron chi connectivity index (χ0n) is 27.5. The molecule has 0 unspecified atom stereocenters. The second-order valence-electron chi connectivity index (χ2n) is 12.0. The molecule has 0 fully saturated rings. The molecule has 0 bridgehead atoms. The van der Waals surface area contributed by atoms with Crippen LogP contribution in [0.15, 0.2) is 76.3 Å². The van der Waals surface area contributed by atoms with Crippen LogP contribution in [0.1, 0.15) is 91.2 Å². The van der Waals surface area contributed by atoms with Crippen molar-refractivity contribution in [2.45, 2.75) is 80.1 Å². The van der Waals surface area contributed by atoms with Crippen molar-refractivity contribution >= 4 is 28.5 Å². The zero-order chi connectivity index (χ0) is 32.7. The summed E-state index contributed by atoms with van der Waals surface area (Å²) in [6.07, 6.45) is 8.96. The van der Waals surface area contributed by atoms with Crippen molar-refractivity contribution < 1.29 is 29.0 Å². The summed E-state index contributed by atoms with van der Waals surface area (Å²) in [6.45, 7) is 16.8. The molecule has 0 amide bonds. The quantitative estimate of drug-likeness (QED) is 0.201. The van der Waals surface area contributed by atoms with Crippen LogP contribution >= 0.6 is 15.9 Å². The van der Waals surface area contributed by atoms with Gasteiger partial charge in [-0.1, -0.05) is 78.4 Å². The summed E-state index contributed by atoms with van der Waals surface area (Å²) in [5.41, 5.74) is 7.52. The van der Waals surface area contributed by atoms with Gasteiger partial charge in [-0.2, -0.15) is 0 Å². The average molecular weight is 700 g/mol. The van der Waals surface area contributed by atoms with Gasteiger partial charge in [0.15, 0.2) is 0 Å². The van der Waals surface area contributed by atoms with Crippen LogP contribution in [0.2, 0.25) is 0 Å². The standard InChI is InChI=1S/C18H25BO4.C18H23BrO2.2CH4/c1-11(2)14-7-6-12(3)8-15(14)18-16(22-4)9-13(19(20)21)10-17(18)23-5;1-11(2)14-7-6-12(3)8-15(14)18-16(20-4)9-13(19)10-17(18)21-5;;/h8-10,14-15,20-21H,1,6-7H2,2-5H3;8-10,14-15H,1,6-7H2,2-5H3;2*1H4/t2*14-,15+;;/m00../s1. The first-order valence-electron chi connectivity index (χ1n) is 15.0. The van der Waals surface area contributed by atoms with Crippen molar-refractivity contribution in [3.63, 3.8) is 0 Å². The molecule has 0 saturated carbocycles. The van der Waals surface area contributed by atoms with E-state index in [9.17, 15) is 10.0 Å². The van der Waals surface area contributed by atoms with Crippen LogP contribution in [-0.2, 0) is 0 Å². The second kappa shape index (κ2) is 18.4. The minimum Gasteiger partial charge on any atom is -0.496 e. The molecule has 0 heterocycles. The molecule has 2 N–H and O–H groups in total. The molecule has 2 aromatic carbocycles. The van der Waals surface area contributed by atoms with Crippen LogP contribution < -0.4 is 24.4 Å². The minimum absolute atomic E-state index is 0. The highest BCUT2D eigenvalue weighted by Gasteiger charge is 2.32. The predicted octanol–water partition coefficient (Wildman–Crippen LogP) is 9.15. The maximum Gasteiger partial charge on any atom is 0.488 e. The van der Waals surface area contributed by atoms with E-state index in [4.69, 9.17) is 18.9 Å². The van der Waals surface area contributed by atoms with E-state index in [0.29, 0.717) is 28.8 Å². The molecule has 2 aliphatic rings. The summed E-state index contributed by atoms with van der Waals surface area (Å²) in [6, 6.07) is 7.34. The molecule has 0 spiro atoms. The fourth-order valence-corrected chi connectivity index (χ4v) is 6.90. The first kappa shape index (κ1) is 41.1. The molecule has 0 aliphatic heterocycles. The van der Waals surface area contributed by atoms with Gasteiger partial charge in [0.2, 0.25) is 0 Å². The molecular formula is C38H56BBrO6. The second-order valence-corrected chi connectivity index (χ2v) is 12.9. The van der Waals surface area contributed by atoms with Crippen molar-refractivity contribution in [2.24, 2.45) is 11.8 Å². The normalized spacial score (nSPS) is 20.2. The van der Waals surface area contributed by atoms with Gasteiger partial charge >= 0.3 is 7.12 Å². The first-order chi connectivity index (χ1) is 20.9. The zero-order valence-corrected chi connectivity index (χ0v) is 29.1. The SMILES string of the molecule is C.C.C=C(C)[C@@H]1CCC(C)=C[C@H]1c1c(OC)cc(B(O)O)cc1OC.C=C(C)[C@@H]1CCC(C)=C[C@H]1c1c(OC)cc(Br)cc1OC. The molecule has 8 heteroatoms. The number of allylic oxidation sites excluding steroid dienone is 6. The van der Waals surface area contributed by atoms with Crippen molar-refractivity contribution in [2.75, 3.05) is 28.4 Å². The largest absolute Gasteiger partial charge is 0.496 e. The number of benzene rings is 2. The van der Waals surface area contributed by atoms with E-state index >= 15 is 0 Å². The molecule has 254 valence electrons. The fraction of sp³-hybridized carbons (Fsp3) is 0.474. The molecule has 0 aromatic heterocycles. The maximum absolute atomic E-state index is 9.47. The molecular weight excluding hydrogens is 643 g/mol. The molecule has 4 rings (SSSR count). The maximum atomic E-state index is 9.47. The average Bonchev–Trinajstić information content (AvgIpc) is 2.99. The van der Waals surface area contributed by atoms with Crippen molar-refractivity contribution in [3.8, 4) is 23.0 Å². The first-order valence-corrected chi connectivity index (χ1v) is 15.8. The third-order valence-corrected chi connectivity index (χ3v) is 9.26. The van der Waals surface area contributed by atoms with E-state index < -0.39 is 7.12 Å². The Morgan fingerprint density at radius 3 is 1.30 bits per heavy atom. The summed E-state index contributed by atoms with van der Waals surface area (Å²) >= 11 is 3.52. The van der Waals surface area contributed by atoms with Crippen LogP contribution in [0.3, 0.4) is 0 Å². The summed E-state index contributed by atoms with van der Waals surface area (Å²) in [7, 11) is 5.02. The number of hydrogen-bond donors (Lipinski definition) is 2. The Hall–Kier alpha value is -2.94. The minimum atomic E-state index is -1.56. The van der Waals surface area contributed by atoms with E-state index in [1.54, 1.807) is 40.6 Å². The fourth-order valence-electron chi connectivity index (χ4n) is 6.48. The topological polar surface area (TPSA) is 77.4 Å². The molecule has 6 nitrogen and oxygen atoms in total. The number of halogens is 1. The molecule has 2 aliphatic carbocycles. The van der Waals surface area contributed by atoms with E-state index in [0.717, 1.165) is 58.4 Å². The molecule has 0 saturated heterocycles. The van der Waals surface area contributed by atoms with Crippen molar-refractivity contribution in [1.29, 1.82) is 0 Å². The van der Waals surface area contributed by atoms with Gasteiger partial charge in [-0.05, 0) is 94.9 Å². The highest BCUT2D eigenvalue weighted by molar-refractivity contribution is 9.10. The summed E-state index contributed by atoms with van der Waals surface area (Å²) in [5, 5.41) is 18.9. The lowest BCUT2D eigenvalue weighted by Crippen LogP contribution is -2.30. The number of hydrogen-bond acceptors (Lipinski definition) is 6. The lowest BCUT2D eigenvalue weighted by atomic mass is 9.72. The molecule has 4 atom stereocenters. The monoisotopic (exact) mass is 698 g/mol. The van der Waals surface area contributed by atoms with Gasteiger partial charge < -0.3 is 29.0 Å². The third kappa shape index (κ3) is 9.55. The Bertz CT molecular complexity index is 1360. The third-order valence-electron chi connectivity index (χ3n) is 8.80. The molecule has 2 aromatic rings. The Balaban J connectivity index is 0.000000442. The van der Waals surface area contributed by atoms with Gasteiger partial charge in [-0.3, -0.25) is 0 Å². The van der Waals surface area contributed by atoms with E-state index in [-0.39, 0.29) is 26.7 Å². The number of ether oxygens (including phenoxy) is 4. The van der Waals surface area contributed by atoms with Crippen LogP contribution in [0.5, 0.6) is 23.0 Å². The number of rotatable bonds is 9. The highest BCUT2D eigenvalue weighted by Crippen LogP contribution is 2.48. The van der Waals surface area contributed by atoms with Crippen molar-refractivity contribution in [1.82, 2.24) is 0 Å². The van der Waals surface area contributed by atoms with Gasteiger partial charge in [-0.15, -0.1) is 0 Å². The molecule has 46 heavy (non-hydrogen) atoms. The Kier molecular flexibility index (Phi) is 16.4.